The van der Waals surface area contributed by atoms with Gasteiger partial charge in [-0.15, -0.1) is 10.2 Å². The molecule has 0 fully saturated rings. The van der Waals surface area contributed by atoms with Crippen LogP contribution in [0.25, 0.3) is 0 Å². The van der Waals surface area contributed by atoms with Crippen LogP contribution in [0.1, 0.15) is 21.5 Å². The van der Waals surface area contributed by atoms with Crippen molar-refractivity contribution >= 4 is 61.3 Å². The van der Waals surface area contributed by atoms with Gasteiger partial charge in [0.1, 0.15) is 0 Å². The Kier molecular flexibility index (Phi) is 5.90. The first-order chi connectivity index (χ1) is 13.2. The second kappa shape index (κ2) is 8.04. The maximum absolute atomic E-state index is 12.5. The number of benzene rings is 2. The molecule has 1 amide bonds. The molecule has 11 heteroatoms. The van der Waals surface area contributed by atoms with Crippen LogP contribution in [0.15, 0.2) is 40.7 Å². The fourth-order valence-corrected chi connectivity index (χ4v) is 4.65. The van der Waals surface area contributed by atoms with E-state index in [-0.39, 0.29) is 20.1 Å². The lowest BCUT2D eigenvalue weighted by Gasteiger charge is -2.07. The Hall–Kier alpha value is -2.20. The van der Waals surface area contributed by atoms with Gasteiger partial charge in [0.25, 0.3) is 20.3 Å². The number of aryl methyl sites for hydroxylation is 2. The van der Waals surface area contributed by atoms with Crippen LogP contribution in [0.4, 0.5) is 10.8 Å². The Bertz CT molecular complexity index is 1160. The van der Waals surface area contributed by atoms with Crippen molar-refractivity contribution < 1.29 is 13.2 Å². The second-order valence-corrected chi connectivity index (χ2v) is 9.53. The van der Waals surface area contributed by atoms with E-state index in [1.54, 1.807) is 12.1 Å². The van der Waals surface area contributed by atoms with Gasteiger partial charge in [0.2, 0.25) is 5.13 Å². The highest BCUT2D eigenvalue weighted by Crippen LogP contribution is 2.26. The summed E-state index contributed by atoms with van der Waals surface area (Å²) >= 11 is 12.5. The van der Waals surface area contributed by atoms with Crippen molar-refractivity contribution in [3.8, 4) is 0 Å². The average Bonchev–Trinajstić information content (AvgIpc) is 3.07. The fraction of sp³-hybridized carbons (Fsp3) is 0.118. The number of carbonyl (C=O) groups is 1. The van der Waals surface area contributed by atoms with Gasteiger partial charge in [-0.1, -0.05) is 40.6 Å². The predicted molar refractivity (Wildman–Crippen MR) is 111 cm³/mol. The number of carbonyl (C=O) groups excluding carboxylic acids is 1. The monoisotopic (exact) mass is 456 g/mol. The number of nitrogens with zero attached hydrogens (tertiary/aromatic N) is 2. The van der Waals surface area contributed by atoms with E-state index in [0.717, 1.165) is 22.5 Å². The van der Waals surface area contributed by atoms with E-state index in [4.69, 9.17) is 23.2 Å². The van der Waals surface area contributed by atoms with Crippen LogP contribution in [0.3, 0.4) is 0 Å². The van der Waals surface area contributed by atoms with Crippen LogP contribution in [-0.2, 0) is 10.0 Å². The number of hydrogen-bond acceptors (Lipinski definition) is 6. The van der Waals surface area contributed by atoms with Crippen molar-refractivity contribution in [2.75, 3.05) is 10.0 Å². The maximum Gasteiger partial charge on any atom is 0.291 e. The van der Waals surface area contributed by atoms with Gasteiger partial charge in [-0.25, -0.2) is 0 Å². The first-order valence-corrected chi connectivity index (χ1v) is 10.9. The normalized spacial score (nSPS) is 11.3. The van der Waals surface area contributed by atoms with Gasteiger partial charge in [-0.05, 0) is 55.3 Å². The molecule has 7 nitrogen and oxygen atoms in total. The zero-order chi connectivity index (χ0) is 20.5. The molecule has 3 aromatic rings. The highest BCUT2D eigenvalue weighted by molar-refractivity contribution is 7.94. The molecule has 0 bridgehead atoms. The summed E-state index contributed by atoms with van der Waals surface area (Å²) in [5.41, 5.74) is 2.59. The molecule has 0 saturated carbocycles. The minimum Gasteiger partial charge on any atom is -0.296 e. The van der Waals surface area contributed by atoms with E-state index in [1.165, 1.54) is 18.2 Å². The minimum atomic E-state index is -3.94. The lowest BCUT2D eigenvalue weighted by Crippen LogP contribution is -2.13. The molecule has 1 heterocycles. The summed E-state index contributed by atoms with van der Waals surface area (Å²) in [5.74, 6) is -0.552. The fourth-order valence-electron chi connectivity index (χ4n) is 2.21. The van der Waals surface area contributed by atoms with Crippen molar-refractivity contribution in [1.82, 2.24) is 10.2 Å². The van der Waals surface area contributed by atoms with Crippen molar-refractivity contribution in [2.24, 2.45) is 0 Å². The molecule has 0 atom stereocenters. The SMILES string of the molecule is Cc1ccc(NS(=O)(=O)c2nnc(NC(=O)c3ccc(Cl)cc3Cl)s2)cc1C. The van der Waals surface area contributed by atoms with Gasteiger partial charge in [0.15, 0.2) is 0 Å². The molecule has 3 rings (SSSR count). The lowest BCUT2D eigenvalue weighted by molar-refractivity contribution is 0.102. The van der Waals surface area contributed by atoms with Crippen molar-refractivity contribution in [3.63, 3.8) is 0 Å². The summed E-state index contributed by atoms with van der Waals surface area (Å²) < 4.78 is 27.2. The Labute approximate surface area is 175 Å². The molecule has 0 unspecified atom stereocenters. The number of hydrogen-bond donors (Lipinski definition) is 2. The Morgan fingerprint density at radius 3 is 2.46 bits per heavy atom. The highest BCUT2D eigenvalue weighted by Gasteiger charge is 2.22. The Morgan fingerprint density at radius 1 is 1.04 bits per heavy atom. The molecule has 28 heavy (non-hydrogen) atoms. The van der Waals surface area contributed by atoms with Gasteiger partial charge < -0.3 is 0 Å². The quantitative estimate of drug-likeness (QED) is 0.549. The summed E-state index contributed by atoms with van der Waals surface area (Å²) in [7, 11) is -3.94. The topological polar surface area (TPSA) is 101 Å². The van der Waals surface area contributed by atoms with Crippen molar-refractivity contribution in [1.29, 1.82) is 0 Å². The number of rotatable bonds is 5. The molecule has 0 spiro atoms. The number of anilines is 2. The lowest BCUT2D eigenvalue weighted by atomic mass is 10.1. The highest BCUT2D eigenvalue weighted by atomic mass is 35.5. The number of halogens is 2. The van der Waals surface area contributed by atoms with E-state index in [9.17, 15) is 13.2 Å². The van der Waals surface area contributed by atoms with Gasteiger partial charge >= 0.3 is 0 Å². The minimum absolute atomic E-state index is 0.0245. The van der Waals surface area contributed by atoms with Gasteiger partial charge in [0, 0.05) is 10.7 Å². The van der Waals surface area contributed by atoms with Gasteiger partial charge in [-0.2, -0.15) is 8.42 Å². The Morgan fingerprint density at radius 2 is 1.79 bits per heavy atom. The predicted octanol–water partition coefficient (Wildman–Crippen LogP) is 4.51. The van der Waals surface area contributed by atoms with Crippen LogP contribution in [0.2, 0.25) is 10.0 Å². The summed E-state index contributed by atoms with van der Waals surface area (Å²) in [4.78, 5) is 12.3. The molecule has 0 saturated heterocycles. The molecular weight excluding hydrogens is 443 g/mol. The smallest absolute Gasteiger partial charge is 0.291 e. The summed E-state index contributed by atoms with van der Waals surface area (Å²) in [6.07, 6.45) is 0. The summed E-state index contributed by atoms with van der Waals surface area (Å²) in [6.45, 7) is 3.81. The number of aromatic nitrogens is 2. The number of sulfonamides is 1. The van der Waals surface area contributed by atoms with Gasteiger partial charge in [-0.3, -0.25) is 14.8 Å². The first kappa shape index (κ1) is 20.5. The average molecular weight is 457 g/mol. The molecule has 0 aliphatic heterocycles. The van der Waals surface area contributed by atoms with E-state index >= 15 is 0 Å². The molecule has 146 valence electrons. The van der Waals surface area contributed by atoms with Crippen LogP contribution >= 0.6 is 34.5 Å². The van der Waals surface area contributed by atoms with E-state index in [1.807, 2.05) is 19.9 Å². The summed E-state index contributed by atoms with van der Waals surface area (Å²) in [6, 6.07) is 9.60. The zero-order valence-electron chi connectivity index (χ0n) is 14.7. The van der Waals surface area contributed by atoms with Crippen LogP contribution in [0.5, 0.6) is 0 Å². The zero-order valence-corrected chi connectivity index (χ0v) is 17.8. The Balaban J connectivity index is 1.77. The number of nitrogens with one attached hydrogen (secondary N) is 2. The summed E-state index contributed by atoms with van der Waals surface area (Å²) in [5, 5.41) is 10.4. The maximum atomic E-state index is 12.5. The van der Waals surface area contributed by atoms with Crippen LogP contribution < -0.4 is 10.0 Å². The van der Waals surface area contributed by atoms with Crippen molar-refractivity contribution in [2.45, 2.75) is 18.2 Å². The van der Waals surface area contributed by atoms with Crippen molar-refractivity contribution in [3.05, 3.63) is 63.1 Å². The van der Waals surface area contributed by atoms with E-state index < -0.39 is 15.9 Å². The molecule has 0 radical (unpaired) electrons. The standard InChI is InChI=1S/C17H14Cl2N4O3S2/c1-9-3-5-12(7-10(9)2)23-28(25,26)17-22-21-16(27-17)20-15(24)13-6-4-11(18)8-14(13)19/h3-8,23H,1-2H3,(H,20,21,24). The third kappa shape index (κ3) is 4.61. The third-order valence-corrected chi connectivity index (χ3v) is 6.93. The van der Waals surface area contributed by atoms with Crippen LogP contribution in [-0.4, -0.2) is 24.5 Å². The first-order valence-electron chi connectivity index (χ1n) is 7.86. The molecule has 0 aliphatic carbocycles. The molecule has 2 aromatic carbocycles. The van der Waals surface area contributed by atoms with E-state index in [2.05, 4.69) is 20.2 Å². The van der Waals surface area contributed by atoms with Crippen LogP contribution in [0, 0.1) is 13.8 Å². The largest absolute Gasteiger partial charge is 0.296 e. The second-order valence-electron chi connectivity index (χ2n) is 5.86. The number of amides is 1. The van der Waals surface area contributed by atoms with E-state index in [0.29, 0.717) is 10.7 Å². The molecular formula is C17H14Cl2N4O3S2. The molecule has 1 aromatic heterocycles. The third-order valence-electron chi connectivity index (χ3n) is 3.79. The molecule has 0 aliphatic rings. The molecule has 2 N–H and O–H groups in total. The van der Waals surface area contributed by atoms with Gasteiger partial charge in [0.05, 0.1) is 10.6 Å².